The number of thiazole rings is 1. The number of hydrogen-bond acceptors (Lipinski definition) is 6. The van der Waals surface area contributed by atoms with E-state index in [1.54, 1.807) is 23.3 Å². The molecule has 0 aromatic carbocycles. The van der Waals surface area contributed by atoms with Gasteiger partial charge < -0.3 is 14.7 Å². The van der Waals surface area contributed by atoms with Gasteiger partial charge in [-0.2, -0.15) is 5.10 Å². The number of carbonyl (C=O) groups is 1. The molecule has 2 aliphatic rings. The number of carbonyl (C=O) groups excluding carboxylic acids is 1. The average Bonchev–Trinajstić information content (AvgIpc) is 3.36. The van der Waals surface area contributed by atoms with Crippen molar-refractivity contribution in [2.24, 2.45) is 0 Å². The summed E-state index contributed by atoms with van der Waals surface area (Å²) in [6, 6.07) is 0. The van der Waals surface area contributed by atoms with Crippen molar-refractivity contribution in [3.05, 3.63) is 34.5 Å². The lowest BCUT2D eigenvalue weighted by Gasteiger charge is -2.38. The zero-order valence-electron chi connectivity index (χ0n) is 14.2. The topological polar surface area (TPSA) is 80.5 Å². The first-order valence-electron chi connectivity index (χ1n) is 8.62. The molecule has 2 saturated heterocycles. The monoisotopic (exact) mass is 362 g/mol. The number of rotatable bonds is 3. The summed E-state index contributed by atoms with van der Waals surface area (Å²) in [5.74, 6) is 0.0164. The molecule has 2 fully saturated rings. The van der Waals surface area contributed by atoms with Crippen molar-refractivity contribution in [1.82, 2.24) is 19.7 Å². The zero-order chi connectivity index (χ0) is 17.5. The van der Waals surface area contributed by atoms with Gasteiger partial charge in [-0.25, -0.2) is 4.98 Å². The zero-order valence-corrected chi connectivity index (χ0v) is 15.0. The van der Waals surface area contributed by atoms with Crippen LogP contribution in [0.5, 0.6) is 0 Å². The van der Waals surface area contributed by atoms with Gasteiger partial charge in [0, 0.05) is 43.8 Å². The van der Waals surface area contributed by atoms with Crippen LogP contribution in [0.3, 0.4) is 0 Å². The van der Waals surface area contributed by atoms with Gasteiger partial charge in [0.05, 0.1) is 24.0 Å². The third kappa shape index (κ3) is 2.98. The fourth-order valence-electron chi connectivity index (χ4n) is 3.77. The lowest BCUT2D eigenvalue weighted by atomic mass is 9.83. The van der Waals surface area contributed by atoms with Crippen molar-refractivity contribution in [2.45, 2.75) is 43.9 Å². The van der Waals surface area contributed by atoms with Crippen molar-refractivity contribution in [3.8, 4) is 0 Å². The Balaban J connectivity index is 1.41. The highest BCUT2D eigenvalue weighted by Crippen LogP contribution is 2.45. The van der Waals surface area contributed by atoms with Gasteiger partial charge in [-0.3, -0.25) is 9.48 Å². The molecule has 1 N–H and O–H groups in total. The van der Waals surface area contributed by atoms with Crippen LogP contribution in [0.4, 0.5) is 0 Å². The fraction of sp³-hybridized carbons (Fsp3) is 0.588. The van der Waals surface area contributed by atoms with Crippen molar-refractivity contribution >= 4 is 17.2 Å². The van der Waals surface area contributed by atoms with Crippen LogP contribution in [0, 0.1) is 0 Å². The molecule has 4 heterocycles. The number of aliphatic hydroxyl groups is 1. The molecule has 2 aromatic heterocycles. The van der Waals surface area contributed by atoms with Crippen molar-refractivity contribution in [2.75, 3.05) is 19.7 Å². The third-order valence-corrected chi connectivity index (χ3v) is 6.19. The first-order valence-corrected chi connectivity index (χ1v) is 9.50. The third-order valence-electron chi connectivity index (χ3n) is 5.23. The molecule has 2 aliphatic heterocycles. The number of ether oxygens (including phenoxy) is 1. The lowest BCUT2D eigenvalue weighted by Crippen LogP contribution is -2.47. The van der Waals surface area contributed by atoms with E-state index in [-0.39, 0.29) is 18.1 Å². The number of piperidine rings is 1. The standard InChI is InChI=1S/C17H22N4O3S/c1-2-21-10-13(9-19-21)14(22)20-6-3-16(4-7-20)11-17(23,12-24-16)15-18-5-8-25-15/h5,8-10,23H,2-4,6-7,11-12H2,1H3. The summed E-state index contributed by atoms with van der Waals surface area (Å²) in [7, 11) is 0. The summed E-state index contributed by atoms with van der Waals surface area (Å²) < 4.78 is 7.80. The van der Waals surface area contributed by atoms with Crippen molar-refractivity contribution in [3.63, 3.8) is 0 Å². The number of aryl methyl sites for hydroxylation is 1. The minimum atomic E-state index is -0.997. The molecule has 0 aliphatic carbocycles. The Hall–Kier alpha value is -1.77. The molecule has 2 aromatic rings. The number of hydrogen-bond donors (Lipinski definition) is 1. The Morgan fingerprint density at radius 1 is 1.44 bits per heavy atom. The minimum Gasteiger partial charge on any atom is -0.380 e. The van der Waals surface area contributed by atoms with E-state index in [0.29, 0.717) is 25.1 Å². The second kappa shape index (κ2) is 6.19. The highest BCUT2D eigenvalue weighted by molar-refractivity contribution is 7.09. The summed E-state index contributed by atoms with van der Waals surface area (Å²) in [5.41, 5.74) is -0.725. The Bertz CT molecular complexity index is 752. The van der Waals surface area contributed by atoms with Crippen LogP contribution in [-0.4, -0.2) is 56.0 Å². The second-order valence-corrected chi connectivity index (χ2v) is 7.79. The van der Waals surface area contributed by atoms with Crippen LogP contribution in [0.25, 0.3) is 0 Å². The Labute approximate surface area is 150 Å². The Morgan fingerprint density at radius 2 is 2.24 bits per heavy atom. The van der Waals surface area contributed by atoms with Crippen LogP contribution in [0.2, 0.25) is 0 Å². The van der Waals surface area contributed by atoms with E-state index in [1.807, 2.05) is 17.2 Å². The summed E-state index contributed by atoms with van der Waals surface area (Å²) in [6.07, 6.45) is 7.14. The van der Waals surface area contributed by atoms with Gasteiger partial charge >= 0.3 is 0 Å². The highest BCUT2D eigenvalue weighted by atomic mass is 32.1. The van der Waals surface area contributed by atoms with Gasteiger partial charge in [0.25, 0.3) is 5.91 Å². The van der Waals surface area contributed by atoms with Crippen molar-refractivity contribution < 1.29 is 14.6 Å². The molecule has 134 valence electrons. The van der Waals surface area contributed by atoms with Gasteiger partial charge in [0.15, 0.2) is 0 Å². The quantitative estimate of drug-likeness (QED) is 0.898. The molecule has 25 heavy (non-hydrogen) atoms. The van der Waals surface area contributed by atoms with E-state index in [4.69, 9.17) is 4.74 Å². The van der Waals surface area contributed by atoms with E-state index in [1.165, 1.54) is 11.3 Å². The van der Waals surface area contributed by atoms with Crippen LogP contribution in [0.1, 0.15) is 41.6 Å². The number of aromatic nitrogens is 3. The number of likely N-dealkylation sites (tertiary alicyclic amines) is 1. The van der Waals surface area contributed by atoms with E-state index in [9.17, 15) is 9.90 Å². The maximum absolute atomic E-state index is 12.6. The van der Waals surface area contributed by atoms with Crippen LogP contribution in [0.15, 0.2) is 24.0 Å². The second-order valence-electron chi connectivity index (χ2n) is 6.89. The van der Waals surface area contributed by atoms with E-state index in [2.05, 4.69) is 10.1 Å². The minimum absolute atomic E-state index is 0.0164. The molecule has 4 rings (SSSR count). The largest absolute Gasteiger partial charge is 0.380 e. The summed E-state index contributed by atoms with van der Waals surface area (Å²) in [4.78, 5) is 18.7. The smallest absolute Gasteiger partial charge is 0.257 e. The molecule has 0 bridgehead atoms. The SMILES string of the molecule is CCn1cc(C(=O)N2CCC3(CC2)CC(O)(c2nccs2)CO3)cn1. The van der Waals surface area contributed by atoms with Gasteiger partial charge in [-0.15, -0.1) is 11.3 Å². The molecular weight excluding hydrogens is 340 g/mol. The first kappa shape index (κ1) is 16.7. The van der Waals surface area contributed by atoms with Crippen LogP contribution in [-0.2, 0) is 16.9 Å². The molecule has 1 unspecified atom stereocenters. The average molecular weight is 362 g/mol. The van der Waals surface area contributed by atoms with E-state index < -0.39 is 5.60 Å². The molecule has 7 nitrogen and oxygen atoms in total. The predicted octanol–water partition coefficient (Wildman–Crippen LogP) is 1.64. The maximum Gasteiger partial charge on any atom is 0.257 e. The van der Waals surface area contributed by atoms with Crippen LogP contribution < -0.4 is 0 Å². The van der Waals surface area contributed by atoms with E-state index in [0.717, 1.165) is 24.4 Å². The molecule has 1 atom stereocenters. The molecule has 8 heteroatoms. The molecular formula is C17H22N4O3S. The number of amides is 1. The predicted molar refractivity (Wildman–Crippen MR) is 92.3 cm³/mol. The van der Waals surface area contributed by atoms with Gasteiger partial charge in [0.2, 0.25) is 0 Å². The fourth-order valence-corrected chi connectivity index (χ4v) is 4.49. The van der Waals surface area contributed by atoms with Gasteiger partial charge in [-0.05, 0) is 19.8 Å². The van der Waals surface area contributed by atoms with Gasteiger partial charge in [0.1, 0.15) is 10.6 Å². The molecule has 1 spiro atoms. The van der Waals surface area contributed by atoms with E-state index >= 15 is 0 Å². The molecule has 0 radical (unpaired) electrons. The number of nitrogens with zero attached hydrogens (tertiary/aromatic N) is 4. The Kier molecular flexibility index (Phi) is 4.13. The summed E-state index contributed by atoms with van der Waals surface area (Å²) >= 11 is 1.46. The first-order chi connectivity index (χ1) is 12.0. The lowest BCUT2D eigenvalue weighted by molar-refractivity contribution is -0.0431. The maximum atomic E-state index is 12.6. The normalized spacial score (nSPS) is 25.6. The molecule has 1 amide bonds. The Morgan fingerprint density at radius 3 is 2.88 bits per heavy atom. The van der Waals surface area contributed by atoms with Gasteiger partial charge in [-0.1, -0.05) is 0 Å². The van der Waals surface area contributed by atoms with Crippen LogP contribution >= 0.6 is 11.3 Å². The molecule has 0 saturated carbocycles. The summed E-state index contributed by atoms with van der Waals surface area (Å²) in [6.45, 7) is 4.28. The summed E-state index contributed by atoms with van der Waals surface area (Å²) in [5, 5.41) is 17.6. The highest BCUT2D eigenvalue weighted by Gasteiger charge is 2.52. The van der Waals surface area contributed by atoms with Crippen molar-refractivity contribution in [1.29, 1.82) is 0 Å².